The molecule has 0 aliphatic heterocycles. The highest BCUT2D eigenvalue weighted by molar-refractivity contribution is 7.90. The van der Waals surface area contributed by atoms with Crippen molar-refractivity contribution in [1.82, 2.24) is 0 Å². The van der Waals surface area contributed by atoms with Crippen LogP contribution >= 0.6 is 0 Å². The second-order valence-corrected chi connectivity index (χ2v) is 6.28. The van der Waals surface area contributed by atoms with Crippen molar-refractivity contribution < 1.29 is 12.8 Å². The number of hydrogen-bond acceptors (Lipinski definition) is 4. The van der Waals surface area contributed by atoms with Crippen LogP contribution in [0.1, 0.15) is 5.56 Å². The van der Waals surface area contributed by atoms with Gasteiger partial charge in [0, 0.05) is 17.6 Å². The van der Waals surface area contributed by atoms with E-state index in [4.69, 9.17) is 5.26 Å². The van der Waals surface area contributed by atoms with Gasteiger partial charge in [-0.1, -0.05) is 0 Å². The van der Waals surface area contributed by atoms with E-state index in [2.05, 4.69) is 5.32 Å². The number of nitrogens with zero attached hydrogens (tertiary/aromatic N) is 1. The fraction of sp³-hybridized carbons (Fsp3) is 0.0714. The Morgan fingerprint density at radius 3 is 2.30 bits per heavy atom. The van der Waals surface area contributed by atoms with Crippen LogP contribution in [0.4, 0.5) is 15.8 Å². The summed E-state index contributed by atoms with van der Waals surface area (Å²) in [6, 6.07) is 11.8. The smallest absolute Gasteiger partial charge is 0.175 e. The monoisotopic (exact) mass is 290 g/mol. The van der Waals surface area contributed by atoms with E-state index in [9.17, 15) is 12.8 Å². The first-order chi connectivity index (χ1) is 9.38. The van der Waals surface area contributed by atoms with Gasteiger partial charge in [-0.25, -0.2) is 12.8 Å². The van der Waals surface area contributed by atoms with Crippen molar-refractivity contribution in [2.75, 3.05) is 11.6 Å². The van der Waals surface area contributed by atoms with E-state index in [0.717, 1.165) is 12.3 Å². The van der Waals surface area contributed by atoms with Crippen LogP contribution in [0, 0.1) is 17.1 Å². The number of anilines is 2. The van der Waals surface area contributed by atoms with Crippen molar-refractivity contribution >= 4 is 21.2 Å². The van der Waals surface area contributed by atoms with Crippen LogP contribution in [0.25, 0.3) is 0 Å². The lowest BCUT2D eigenvalue weighted by Crippen LogP contribution is -1.97. The van der Waals surface area contributed by atoms with Crippen molar-refractivity contribution in [2.24, 2.45) is 0 Å². The van der Waals surface area contributed by atoms with E-state index in [1.807, 2.05) is 6.07 Å². The van der Waals surface area contributed by atoms with Gasteiger partial charge >= 0.3 is 0 Å². The second-order valence-electron chi connectivity index (χ2n) is 4.26. The molecular weight excluding hydrogens is 279 g/mol. The molecule has 0 aliphatic carbocycles. The molecular formula is C14H11FN2O2S. The van der Waals surface area contributed by atoms with Gasteiger partial charge in [0.1, 0.15) is 5.82 Å². The molecule has 0 heterocycles. The number of nitriles is 1. The van der Waals surface area contributed by atoms with E-state index in [0.29, 0.717) is 11.4 Å². The Labute approximate surface area is 116 Å². The van der Waals surface area contributed by atoms with Gasteiger partial charge in [-0.2, -0.15) is 5.26 Å². The van der Waals surface area contributed by atoms with Gasteiger partial charge in [-0.15, -0.1) is 0 Å². The quantitative estimate of drug-likeness (QED) is 0.943. The third kappa shape index (κ3) is 3.33. The van der Waals surface area contributed by atoms with Crippen LogP contribution < -0.4 is 5.32 Å². The molecule has 0 saturated heterocycles. The van der Waals surface area contributed by atoms with E-state index < -0.39 is 15.7 Å². The minimum absolute atomic E-state index is 0.208. The number of nitrogens with one attached hydrogen (secondary N) is 1. The summed E-state index contributed by atoms with van der Waals surface area (Å²) in [7, 11) is -3.24. The van der Waals surface area contributed by atoms with Gasteiger partial charge in [0.2, 0.25) is 0 Å². The summed E-state index contributed by atoms with van der Waals surface area (Å²) in [6.07, 6.45) is 1.13. The zero-order valence-electron chi connectivity index (χ0n) is 10.6. The lowest BCUT2D eigenvalue weighted by molar-refractivity contribution is 0.602. The molecule has 0 atom stereocenters. The van der Waals surface area contributed by atoms with Crippen molar-refractivity contribution in [3.8, 4) is 6.07 Å². The number of halogens is 1. The first kappa shape index (κ1) is 14.0. The number of hydrogen-bond donors (Lipinski definition) is 1. The molecule has 0 unspecified atom stereocenters. The minimum Gasteiger partial charge on any atom is -0.355 e. The van der Waals surface area contributed by atoms with E-state index >= 15 is 0 Å². The third-order valence-electron chi connectivity index (χ3n) is 2.60. The zero-order valence-corrected chi connectivity index (χ0v) is 11.4. The summed E-state index contributed by atoms with van der Waals surface area (Å²) in [5.74, 6) is -0.515. The maximum atomic E-state index is 13.3. The van der Waals surface area contributed by atoms with Gasteiger partial charge in [0.15, 0.2) is 9.84 Å². The first-order valence-corrected chi connectivity index (χ1v) is 7.55. The second kappa shape index (κ2) is 5.31. The zero-order chi connectivity index (χ0) is 14.8. The topological polar surface area (TPSA) is 70.0 Å². The Balaban J connectivity index is 2.27. The lowest BCUT2D eigenvalue weighted by atomic mass is 10.2. The molecule has 2 rings (SSSR count). The summed E-state index contributed by atoms with van der Waals surface area (Å²) in [4.78, 5) is 0.208. The van der Waals surface area contributed by atoms with E-state index in [1.54, 1.807) is 12.1 Å². The molecule has 102 valence electrons. The van der Waals surface area contributed by atoms with Gasteiger partial charge < -0.3 is 5.32 Å². The summed E-state index contributed by atoms with van der Waals surface area (Å²) < 4.78 is 35.9. The van der Waals surface area contributed by atoms with Gasteiger partial charge in [0.25, 0.3) is 0 Å². The standard InChI is InChI=1S/C14H11FN2O2S/c1-20(18,19)14-4-2-12(3-5-14)17-13-7-10(9-16)6-11(15)8-13/h2-8,17H,1H3. The SMILES string of the molecule is CS(=O)(=O)c1ccc(Nc2cc(F)cc(C#N)c2)cc1. The van der Waals surface area contributed by atoms with E-state index in [-0.39, 0.29) is 10.5 Å². The maximum Gasteiger partial charge on any atom is 0.175 e. The minimum atomic E-state index is -3.24. The molecule has 6 heteroatoms. The summed E-state index contributed by atoms with van der Waals surface area (Å²) in [6.45, 7) is 0. The van der Waals surface area contributed by atoms with Crippen molar-refractivity contribution in [3.05, 3.63) is 53.8 Å². The Hall–Kier alpha value is -2.39. The van der Waals surface area contributed by atoms with Crippen molar-refractivity contribution in [1.29, 1.82) is 5.26 Å². The predicted octanol–water partition coefficient (Wildman–Crippen LogP) is 2.84. The normalized spacial score (nSPS) is 10.8. The molecule has 4 nitrogen and oxygen atoms in total. The molecule has 0 spiro atoms. The van der Waals surface area contributed by atoms with Crippen LogP contribution in [0.15, 0.2) is 47.4 Å². The molecule has 2 aromatic carbocycles. The molecule has 0 bridgehead atoms. The molecule has 20 heavy (non-hydrogen) atoms. The predicted molar refractivity (Wildman–Crippen MR) is 73.9 cm³/mol. The van der Waals surface area contributed by atoms with Crippen LogP contribution in [0.5, 0.6) is 0 Å². The van der Waals surface area contributed by atoms with Crippen molar-refractivity contribution in [2.45, 2.75) is 4.90 Å². The van der Waals surface area contributed by atoms with Gasteiger partial charge in [0.05, 0.1) is 16.5 Å². The van der Waals surface area contributed by atoms with Crippen LogP contribution in [-0.4, -0.2) is 14.7 Å². The Kier molecular flexibility index (Phi) is 3.72. The lowest BCUT2D eigenvalue weighted by Gasteiger charge is -2.07. The van der Waals surface area contributed by atoms with Crippen LogP contribution in [0.2, 0.25) is 0 Å². The largest absolute Gasteiger partial charge is 0.355 e. The van der Waals surface area contributed by atoms with Crippen LogP contribution in [0.3, 0.4) is 0 Å². The number of rotatable bonds is 3. The third-order valence-corrected chi connectivity index (χ3v) is 3.73. The molecule has 0 radical (unpaired) electrons. The number of sulfone groups is 1. The molecule has 0 saturated carbocycles. The highest BCUT2D eigenvalue weighted by atomic mass is 32.2. The van der Waals surface area contributed by atoms with Gasteiger partial charge in [-0.05, 0) is 42.5 Å². The summed E-state index contributed by atoms with van der Waals surface area (Å²) in [5, 5.41) is 11.7. The molecule has 0 fully saturated rings. The Morgan fingerprint density at radius 2 is 1.75 bits per heavy atom. The molecule has 0 aromatic heterocycles. The molecule has 1 N–H and O–H groups in total. The fourth-order valence-corrected chi connectivity index (χ4v) is 2.31. The summed E-state index contributed by atoms with van der Waals surface area (Å²) in [5.41, 5.74) is 1.24. The fourth-order valence-electron chi connectivity index (χ4n) is 1.68. The average molecular weight is 290 g/mol. The molecule has 0 aliphatic rings. The van der Waals surface area contributed by atoms with Crippen molar-refractivity contribution in [3.63, 3.8) is 0 Å². The van der Waals surface area contributed by atoms with Gasteiger partial charge in [-0.3, -0.25) is 0 Å². The average Bonchev–Trinajstić information content (AvgIpc) is 2.37. The van der Waals surface area contributed by atoms with E-state index in [1.165, 1.54) is 24.3 Å². The van der Waals surface area contributed by atoms with Crippen LogP contribution in [-0.2, 0) is 9.84 Å². The maximum absolute atomic E-state index is 13.3. The Morgan fingerprint density at radius 1 is 1.10 bits per heavy atom. The first-order valence-electron chi connectivity index (χ1n) is 5.66. The highest BCUT2D eigenvalue weighted by Gasteiger charge is 2.06. The molecule has 0 amide bonds. The molecule has 2 aromatic rings. The highest BCUT2D eigenvalue weighted by Crippen LogP contribution is 2.20. The summed E-state index contributed by atoms with van der Waals surface area (Å²) >= 11 is 0. The Bertz CT molecular complexity index is 778. The number of benzene rings is 2.